The van der Waals surface area contributed by atoms with Crippen LogP contribution in [0.1, 0.15) is 418 Å². The molecule has 480 valence electrons. The lowest BCUT2D eigenvalue weighted by Crippen LogP contribution is -2.45. The van der Waals surface area contributed by atoms with Gasteiger partial charge < -0.3 is 20.3 Å². The van der Waals surface area contributed by atoms with Gasteiger partial charge in [0.25, 0.3) is 0 Å². The van der Waals surface area contributed by atoms with Crippen molar-refractivity contribution in [3.8, 4) is 0 Å². The molecule has 0 aromatic heterocycles. The maximum atomic E-state index is 12.6. The van der Waals surface area contributed by atoms with Crippen LogP contribution in [0.15, 0.2) is 24.3 Å². The van der Waals surface area contributed by atoms with Crippen molar-refractivity contribution >= 4 is 11.9 Å². The number of ether oxygens (including phenoxy) is 1. The summed E-state index contributed by atoms with van der Waals surface area (Å²) in [6, 6.07) is -0.543. The van der Waals surface area contributed by atoms with Crippen LogP contribution in [0, 0.1) is 0 Å². The molecule has 2 atom stereocenters. The molecule has 0 aromatic carbocycles. The lowest BCUT2D eigenvalue weighted by molar-refractivity contribution is -0.143. The minimum Gasteiger partial charge on any atom is -0.466 e. The van der Waals surface area contributed by atoms with Gasteiger partial charge in [0.05, 0.1) is 25.4 Å². The molecule has 0 rings (SSSR count). The third-order valence-corrected chi connectivity index (χ3v) is 17.5. The van der Waals surface area contributed by atoms with Gasteiger partial charge in [-0.15, -0.1) is 0 Å². The number of hydrogen-bond donors (Lipinski definition) is 3. The summed E-state index contributed by atoms with van der Waals surface area (Å²) in [5.74, 6) is -0.0234. The lowest BCUT2D eigenvalue weighted by Gasteiger charge is -2.22. The molecular weight excluding hydrogens is 995 g/mol. The Labute approximate surface area is 507 Å². The van der Waals surface area contributed by atoms with E-state index in [1.165, 1.54) is 340 Å². The second-order valence-electron chi connectivity index (χ2n) is 25.6. The fourth-order valence-electron chi connectivity index (χ4n) is 11.8. The number of hydrogen-bond acceptors (Lipinski definition) is 5. The zero-order chi connectivity index (χ0) is 58.5. The van der Waals surface area contributed by atoms with Crippen molar-refractivity contribution in [2.45, 2.75) is 431 Å². The molecule has 0 spiro atoms. The summed E-state index contributed by atoms with van der Waals surface area (Å²) in [6.45, 7) is 4.98. The van der Waals surface area contributed by atoms with Gasteiger partial charge in [-0.1, -0.05) is 353 Å². The van der Waals surface area contributed by atoms with Gasteiger partial charge in [-0.3, -0.25) is 9.59 Å². The van der Waals surface area contributed by atoms with Crippen molar-refractivity contribution in [3.05, 3.63) is 24.3 Å². The van der Waals surface area contributed by atoms with E-state index >= 15 is 0 Å². The van der Waals surface area contributed by atoms with E-state index in [-0.39, 0.29) is 18.5 Å². The number of carbonyl (C=O) groups is 2. The number of carbonyl (C=O) groups excluding carboxylic acids is 2. The number of aliphatic hydroxyl groups is 2. The highest BCUT2D eigenvalue weighted by atomic mass is 16.5. The molecule has 6 heteroatoms. The molecule has 6 nitrogen and oxygen atoms in total. The Balaban J connectivity index is 3.38. The Morgan fingerprint density at radius 1 is 0.333 bits per heavy atom. The van der Waals surface area contributed by atoms with Crippen LogP contribution in [0.5, 0.6) is 0 Å². The summed E-state index contributed by atoms with van der Waals surface area (Å²) >= 11 is 0. The molecule has 0 aliphatic heterocycles. The number of nitrogens with one attached hydrogen (secondary N) is 1. The summed E-state index contributed by atoms with van der Waals surface area (Å²) in [6.07, 6.45) is 89.5. The highest BCUT2D eigenvalue weighted by molar-refractivity contribution is 5.76. The molecule has 81 heavy (non-hydrogen) atoms. The van der Waals surface area contributed by atoms with Crippen molar-refractivity contribution in [2.75, 3.05) is 13.2 Å². The third kappa shape index (κ3) is 67.3. The van der Waals surface area contributed by atoms with Crippen LogP contribution < -0.4 is 5.32 Å². The highest BCUT2D eigenvalue weighted by Crippen LogP contribution is 2.19. The Kier molecular flexibility index (Phi) is 69.4. The molecule has 1 amide bonds. The van der Waals surface area contributed by atoms with E-state index in [1.54, 1.807) is 0 Å². The van der Waals surface area contributed by atoms with E-state index in [2.05, 4.69) is 43.5 Å². The zero-order valence-electron chi connectivity index (χ0n) is 55.0. The predicted octanol–water partition coefficient (Wildman–Crippen LogP) is 24.1. The van der Waals surface area contributed by atoms with E-state index in [4.69, 9.17) is 4.74 Å². The lowest BCUT2D eigenvalue weighted by atomic mass is 10.0. The van der Waals surface area contributed by atoms with Crippen molar-refractivity contribution in [3.63, 3.8) is 0 Å². The van der Waals surface area contributed by atoms with E-state index in [0.717, 1.165) is 44.9 Å². The van der Waals surface area contributed by atoms with Gasteiger partial charge in [0.15, 0.2) is 0 Å². The second-order valence-corrected chi connectivity index (χ2v) is 25.6. The number of amides is 1. The highest BCUT2D eigenvalue weighted by Gasteiger charge is 2.20. The van der Waals surface area contributed by atoms with Gasteiger partial charge in [-0.05, 0) is 77.0 Å². The molecule has 0 bridgehead atoms. The summed E-state index contributed by atoms with van der Waals surface area (Å²) in [4.78, 5) is 24.6. The monoisotopic (exact) mass is 1140 g/mol. The Morgan fingerprint density at radius 2 is 0.580 bits per heavy atom. The SMILES string of the molecule is CCCCCCC/C=C\CCCCCCCC(=O)OCCCCCCCCCCCCCC/C=C\CCCCCCCCCCCCCC(=O)NC(CO)C(O)CCCCCCCCCCCCCCCCCCCCCCCCC. The van der Waals surface area contributed by atoms with Crippen molar-refractivity contribution in [1.82, 2.24) is 5.32 Å². The topological polar surface area (TPSA) is 95.9 Å². The first kappa shape index (κ1) is 79.3. The first-order valence-corrected chi connectivity index (χ1v) is 37.1. The Hall–Kier alpha value is -1.66. The van der Waals surface area contributed by atoms with Crippen LogP contribution in [0.4, 0.5) is 0 Å². The molecule has 3 N–H and O–H groups in total. The first-order chi connectivity index (χ1) is 40.0. The average Bonchev–Trinajstić information content (AvgIpc) is 3.47. The van der Waals surface area contributed by atoms with Gasteiger partial charge in [-0.2, -0.15) is 0 Å². The minimum absolute atomic E-state index is 0.00747. The van der Waals surface area contributed by atoms with Crippen LogP contribution in [0.25, 0.3) is 0 Å². The number of esters is 1. The van der Waals surface area contributed by atoms with Crippen LogP contribution in [-0.4, -0.2) is 47.4 Å². The van der Waals surface area contributed by atoms with Crippen LogP contribution >= 0.6 is 0 Å². The van der Waals surface area contributed by atoms with Crippen LogP contribution in [-0.2, 0) is 14.3 Å². The minimum atomic E-state index is -0.666. The molecule has 0 saturated carbocycles. The smallest absolute Gasteiger partial charge is 0.305 e. The molecule has 0 saturated heterocycles. The molecule has 2 unspecified atom stereocenters. The molecule has 0 radical (unpaired) electrons. The van der Waals surface area contributed by atoms with Crippen molar-refractivity contribution in [2.24, 2.45) is 0 Å². The predicted molar refractivity (Wildman–Crippen MR) is 356 cm³/mol. The van der Waals surface area contributed by atoms with E-state index in [1.807, 2.05) is 0 Å². The molecular formula is C75H145NO5. The standard InChI is InChI=1S/C75H145NO5/c1-3-5-7-9-11-13-15-17-19-20-21-22-28-31-34-37-40-43-47-51-55-59-63-67-73(78)72(71-77)76-74(79)68-64-60-56-52-48-44-41-38-35-32-29-26-24-23-25-27-30-33-36-39-42-46-50-54-58-62-66-70-81-75(80)69-65-61-57-53-49-45-18-16-14-12-10-8-6-4-2/h16,18,23-24,72-73,77-78H,3-15,17,19-22,25-71H2,1-2H3,(H,76,79)/b18-16-,24-23-. The number of allylic oxidation sites excluding steroid dienone is 4. The maximum Gasteiger partial charge on any atom is 0.305 e. The fourth-order valence-corrected chi connectivity index (χ4v) is 11.8. The molecule has 0 aliphatic carbocycles. The summed E-state index contributed by atoms with van der Waals surface area (Å²) in [5, 5.41) is 23.5. The van der Waals surface area contributed by atoms with Gasteiger partial charge in [0, 0.05) is 12.8 Å². The second kappa shape index (κ2) is 70.8. The van der Waals surface area contributed by atoms with Gasteiger partial charge >= 0.3 is 5.97 Å². The van der Waals surface area contributed by atoms with Gasteiger partial charge in [0.2, 0.25) is 5.91 Å². The number of aliphatic hydroxyl groups excluding tert-OH is 2. The summed E-state index contributed by atoms with van der Waals surface area (Å²) in [5.41, 5.74) is 0. The fraction of sp³-hybridized carbons (Fsp3) is 0.920. The molecule has 0 fully saturated rings. The summed E-state index contributed by atoms with van der Waals surface area (Å²) in [7, 11) is 0. The van der Waals surface area contributed by atoms with Crippen LogP contribution in [0.3, 0.4) is 0 Å². The quantitative estimate of drug-likeness (QED) is 0.0320. The molecule has 0 heterocycles. The van der Waals surface area contributed by atoms with Gasteiger partial charge in [-0.25, -0.2) is 0 Å². The summed E-state index contributed by atoms with van der Waals surface area (Å²) < 4.78 is 5.49. The van der Waals surface area contributed by atoms with Crippen molar-refractivity contribution < 1.29 is 24.5 Å². The van der Waals surface area contributed by atoms with Gasteiger partial charge in [0.1, 0.15) is 0 Å². The Morgan fingerprint density at radius 3 is 0.877 bits per heavy atom. The van der Waals surface area contributed by atoms with Crippen LogP contribution in [0.2, 0.25) is 0 Å². The number of unbranched alkanes of at least 4 members (excludes halogenated alkanes) is 55. The first-order valence-electron chi connectivity index (χ1n) is 37.1. The average molecular weight is 1140 g/mol. The molecule has 0 aromatic rings. The third-order valence-electron chi connectivity index (χ3n) is 17.5. The Bertz CT molecular complexity index is 1270. The normalized spacial score (nSPS) is 12.6. The van der Waals surface area contributed by atoms with E-state index in [9.17, 15) is 19.8 Å². The van der Waals surface area contributed by atoms with Crippen molar-refractivity contribution in [1.29, 1.82) is 0 Å². The maximum absolute atomic E-state index is 12.6. The van der Waals surface area contributed by atoms with E-state index in [0.29, 0.717) is 25.9 Å². The largest absolute Gasteiger partial charge is 0.466 e. The zero-order valence-corrected chi connectivity index (χ0v) is 55.0. The number of rotatable bonds is 70. The van der Waals surface area contributed by atoms with E-state index < -0.39 is 12.1 Å². The molecule has 0 aliphatic rings.